The zero-order chi connectivity index (χ0) is 14.7. The van der Waals surface area contributed by atoms with Crippen molar-refractivity contribution in [1.82, 2.24) is 9.88 Å². The van der Waals surface area contributed by atoms with Crippen LogP contribution in [0.5, 0.6) is 0 Å². The Morgan fingerprint density at radius 2 is 1.71 bits per heavy atom. The van der Waals surface area contributed by atoms with Crippen molar-refractivity contribution >= 4 is 11.6 Å². The maximum absolute atomic E-state index is 12.3. The van der Waals surface area contributed by atoms with Gasteiger partial charge in [0.25, 0.3) is 5.91 Å². The summed E-state index contributed by atoms with van der Waals surface area (Å²) < 4.78 is 0. The summed E-state index contributed by atoms with van der Waals surface area (Å²) in [4.78, 5) is 30.2. The van der Waals surface area contributed by atoms with Gasteiger partial charge in [-0.15, -0.1) is 0 Å². The van der Waals surface area contributed by atoms with E-state index in [9.17, 15) is 9.59 Å². The molecule has 0 saturated carbocycles. The Morgan fingerprint density at radius 1 is 1.00 bits per heavy atom. The fourth-order valence-electron chi connectivity index (χ4n) is 2.57. The van der Waals surface area contributed by atoms with Gasteiger partial charge in [-0.1, -0.05) is 18.2 Å². The number of para-hydroxylation sites is 1. The third-order valence-corrected chi connectivity index (χ3v) is 3.71. The SMILES string of the molecule is O=C(c1cc[nH]c(=O)c1)N1CCN(c2ccccc2)CC1. The lowest BCUT2D eigenvalue weighted by molar-refractivity contribution is 0.0746. The van der Waals surface area contributed by atoms with Crippen LogP contribution in [0.1, 0.15) is 10.4 Å². The molecule has 5 heteroatoms. The van der Waals surface area contributed by atoms with Crippen LogP contribution in [0.2, 0.25) is 0 Å². The topological polar surface area (TPSA) is 56.4 Å². The minimum atomic E-state index is -0.247. The monoisotopic (exact) mass is 283 g/mol. The molecular formula is C16H17N3O2. The molecule has 1 aromatic heterocycles. The summed E-state index contributed by atoms with van der Waals surface area (Å²) in [5.41, 5.74) is 1.39. The van der Waals surface area contributed by atoms with Gasteiger partial charge in [-0.25, -0.2) is 0 Å². The van der Waals surface area contributed by atoms with Gasteiger partial charge >= 0.3 is 0 Å². The third kappa shape index (κ3) is 2.97. The number of aromatic nitrogens is 1. The molecular weight excluding hydrogens is 266 g/mol. The highest BCUT2D eigenvalue weighted by molar-refractivity contribution is 5.94. The average molecular weight is 283 g/mol. The minimum Gasteiger partial charge on any atom is -0.368 e. The lowest BCUT2D eigenvalue weighted by Crippen LogP contribution is -2.48. The summed E-state index contributed by atoms with van der Waals surface area (Å²) in [6.45, 7) is 2.94. The maximum atomic E-state index is 12.3. The molecule has 0 aliphatic carbocycles. The van der Waals surface area contributed by atoms with E-state index in [4.69, 9.17) is 0 Å². The molecule has 2 aromatic rings. The summed E-state index contributed by atoms with van der Waals surface area (Å²) in [6, 6.07) is 13.2. The van der Waals surface area contributed by atoms with Crippen molar-refractivity contribution in [1.29, 1.82) is 0 Å². The predicted octanol–water partition coefficient (Wildman–Crippen LogP) is 1.34. The number of nitrogens with one attached hydrogen (secondary N) is 1. The molecule has 1 aliphatic heterocycles. The molecule has 0 radical (unpaired) electrons. The molecule has 1 fully saturated rings. The quantitative estimate of drug-likeness (QED) is 0.905. The largest absolute Gasteiger partial charge is 0.368 e. The Morgan fingerprint density at radius 3 is 2.38 bits per heavy atom. The number of aromatic amines is 1. The van der Waals surface area contributed by atoms with E-state index in [0.717, 1.165) is 13.1 Å². The molecule has 0 atom stereocenters. The van der Waals surface area contributed by atoms with E-state index in [1.54, 1.807) is 11.0 Å². The Balaban J connectivity index is 1.66. The van der Waals surface area contributed by atoms with Crippen molar-refractivity contribution < 1.29 is 4.79 Å². The van der Waals surface area contributed by atoms with E-state index in [1.165, 1.54) is 18.0 Å². The van der Waals surface area contributed by atoms with Gasteiger partial charge in [-0.3, -0.25) is 9.59 Å². The smallest absolute Gasteiger partial charge is 0.254 e. The normalized spacial score (nSPS) is 15.0. The van der Waals surface area contributed by atoms with Gasteiger partial charge in [0.05, 0.1) is 0 Å². The lowest BCUT2D eigenvalue weighted by Gasteiger charge is -2.36. The van der Waals surface area contributed by atoms with Crippen molar-refractivity contribution in [3.05, 3.63) is 64.6 Å². The zero-order valence-electron chi connectivity index (χ0n) is 11.7. The molecule has 0 unspecified atom stereocenters. The van der Waals surface area contributed by atoms with Crippen molar-refractivity contribution in [2.45, 2.75) is 0 Å². The van der Waals surface area contributed by atoms with Crippen LogP contribution in [0.4, 0.5) is 5.69 Å². The van der Waals surface area contributed by atoms with Gasteiger partial charge in [0.15, 0.2) is 0 Å². The molecule has 1 N–H and O–H groups in total. The van der Waals surface area contributed by atoms with Crippen LogP contribution in [-0.2, 0) is 0 Å². The summed E-state index contributed by atoms with van der Waals surface area (Å²) in [5, 5.41) is 0. The second-order valence-corrected chi connectivity index (χ2v) is 5.06. The van der Waals surface area contributed by atoms with Gasteiger partial charge < -0.3 is 14.8 Å². The summed E-state index contributed by atoms with van der Waals surface area (Å²) in [6.07, 6.45) is 1.51. The number of H-pyrrole nitrogens is 1. The molecule has 1 amide bonds. The Bertz CT molecular complexity index is 673. The third-order valence-electron chi connectivity index (χ3n) is 3.71. The molecule has 1 aromatic carbocycles. The van der Waals surface area contributed by atoms with Gasteiger partial charge in [0.2, 0.25) is 5.56 Å². The van der Waals surface area contributed by atoms with Crippen LogP contribution < -0.4 is 10.5 Å². The first-order valence-electron chi connectivity index (χ1n) is 7.02. The number of carbonyl (C=O) groups is 1. The number of benzene rings is 1. The molecule has 21 heavy (non-hydrogen) atoms. The van der Waals surface area contributed by atoms with E-state index in [1.807, 2.05) is 18.2 Å². The molecule has 2 heterocycles. The fourth-order valence-corrected chi connectivity index (χ4v) is 2.57. The number of anilines is 1. The van der Waals surface area contributed by atoms with Gasteiger partial charge in [0.1, 0.15) is 0 Å². The summed E-state index contributed by atoms with van der Waals surface area (Å²) in [7, 11) is 0. The standard InChI is InChI=1S/C16H17N3O2/c20-15-12-13(6-7-17-15)16(21)19-10-8-18(9-11-19)14-4-2-1-3-5-14/h1-7,12H,8-11H2,(H,17,20). The lowest BCUT2D eigenvalue weighted by atomic mass is 10.2. The highest BCUT2D eigenvalue weighted by Crippen LogP contribution is 2.16. The minimum absolute atomic E-state index is 0.0752. The van der Waals surface area contributed by atoms with E-state index < -0.39 is 0 Å². The number of nitrogens with zero attached hydrogens (tertiary/aromatic N) is 2. The maximum Gasteiger partial charge on any atom is 0.254 e. The fraction of sp³-hybridized carbons (Fsp3) is 0.250. The molecule has 0 bridgehead atoms. The van der Waals surface area contributed by atoms with Crippen LogP contribution in [0.3, 0.4) is 0 Å². The number of hydrogen-bond acceptors (Lipinski definition) is 3. The zero-order valence-corrected chi connectivity index (χ0v) is 11.7. The van der Waals surface area contributed by atoms with Crippen LogP contribution in [-0.4, -0.2) is 42.0 Å². The second-order valence-electron chi connectivity index (χ2n) is 5.06. The van der Waals surface area contributed by atoms with E-state index >= 15 is 0 Å². The van der Waals surface area contributed by atoms with Crippen molar-refractivity contribution in [3.8, 4) is 0 Å². The molecule has 5 nitrogen and oxygen atoms in total. The molecule has 108 valence electrons. The van der Waals surface area contributed by atoms with Gasteiger partial charge in [-0.2, -0.15) is 0 Å². The first-order valence-corrected chi connectivity index (χ1v) is 7.02. The Kier molecular flexibility index (Phi) is 3.73. The van der Waals surface area contributed by atoms with E-state index in [2.05, 4.69) is 22.0 Å². The van der Waals surface area contributed by atoms with Crippen molar-refractivity contribution in [2.24, 2.45) is 0 Å². The number of pyridine rings is 1. The highest BCUT2D eigenvalue weighted by Gasteiger charge is 2.22. The molecule has 0 spiro atoms. The van der Waals surface area contributed by atoms with Crippen molar-refractivity contribution in [3.63, 3.8) is 0 Å². The number of amides is 1. The number of carbonyl (C=O) groups excluding carboxylic acids is 1. The Hall–Kier alpha value is -2.56. The van der Waals surface area contributed by atoms with E-state index in [0.29, 0.717) is 18.7 Å². The first-order chi connectivity index (χ1) is 10.2. The summed E-state index contributed by atoms with van der Waals surface area (Å²) in [5.74, 6) is -0.0752. The molecule has 1 aliphatic rings. The predicted molar refractivity (Wildman–Crippen MR) is 81.6 cm³/mol. The van der Waals surface area contributed by atoms with Gasteiger partial charge in [-0.05, 0) is 18.2 Å². The van der Waals surface area contributed by atoms with Crippen LogP contribution in [0.15, 0.2) is 53.5 Å². The van der Waals surface area contributed by atoms with Gasteiger partial charge in [0, 0.05) is 49.7 Å². The van der Waals surface area contributed by atoms with E-state index in [-0.39, 0.29) is 11.5 Å². The highest BCUT2D eigenvalue weighted by atomic mass is 16.2. The number of piperazine rings is 1. The first kappa shape index (κ1) is 13.4. The average Bonchev–Trinajstić information content (AvgIpc) is 2.55. The summed E-state index contributed by atoms with van der Waals surface area (Å²) >= 11 is 0. The van der Waals surface area contributed by atoms with Crippen LogP contribution in [0, 0.1) is 0 Å². The molecule has 1 saturated heterocycles. The van der Waals surface area contributed by atoms with Crippen LogP contribution >= 0.6 is 0 Å². The second kappa shape index (κ2) is 5.83. The Labute approximate surface area is 122 Å². The number of rotatable bonds is 2. The number of hydrogen-bond donors (Lipinski definition) is 1. The van der Waals surface area contributed by atoms with Crippen molar-refractivity contribution in [2.75, 3.05) is 31.1 Å². The molecule has 3 rings (SSSR count). The van der Waals surface area contributed by atoms with Crippen LogP contribution in [0.25, 0.3) is 0 Å².